The van der Waals surface area contributed by atoms with Crippen LogP contribution in [0.5, 0.6) is 11.5 Å². The van der Waals surface area contributed by atoms with E-state index >= 15 is 0 Å². The Morgan fingerprint density at radius 2 is 1.46 bits per heavy atom. The van der Waals surface area contributed by atoms with Gasteiger partial charge in [-0.05, 0) is 85.3 Å². The summed E-state index contributed by atoms with van der Waals surface area (Å²) in [6.45, 7) is 13.1. The van der Waals surface area contributed by atoms with E-state index in [4.69, 9.17) is 4.74 Å². The number of nitrogens with zero attached hydrogens (tertiary/aromatic N) is 3. The Morgan fingerprint density at radius 1 is 0.756 bits per heavy atom. The minimum Gasteiger partial charge on any atom is -0.458 e. The van der Waals surface area contributed by atoms with Crippen molar-refractivity contribution in [3.05, 3.63) is 132 Å². The van der Waals surface area contributed by atoms with Crippen molar-refractivity contribution in [2.75, 3.05) is 0 Å². The van der Waals surface area contributed by atoms with Crippen molar-refractivity contribution in [1.82, 2.24) is 9.55 Å². The quantitative estimate of drug-likeness (QED) is 0.163. The Balaban J connectivity index is 1.36. The van der Waals surface area contributed by atoms with E-state index in [2.05, 4.69) is 135 Å². The molecule has 0 unspecified atom stereocenters. The molecule has 0 saturated heterocycles. The van der Waals surface area contributed by atoms with Gasteiger partial charge in [-0.2, -0.15) is 0 Å². The van der Waals surface area contributed by atoms with Crippen LogP contribution in [0, 0.1) is 27.1 Å². The average Bonchev–Trinajstić information content (AvgIpc) is 3.32. The molecule has 0 bridgehead atoms. The lowest BCUT2D eigenvalue weighted by Gasteiger charge is -2.19. The Kier molecular flexibility index (Phi) is 6.70. The van der Waals surface area contributed by atoms with Gasteiger partial charge in [0.15, 0.2) is 0 Å². The molecule has 0 atom stereocenters. The molecule has 2 aromatic heterocycles. The third-order valence-corrected chi connectivity index (χ3v) is 7.49. The standard InChI is InChI=1S/C37H35N3O/c1-25-19-26(2)36(27(3)20-25)40-24-39(34-15-7-8-16-35(34)40)30-12-10-14-32(23-30)41-31-13-9-11-28(21-31)33-22-29(17-18-38-33)37(4,5)6/h7-23H,1-6H3. The monoisotopic (exact) mass is 537 g/mol. The zero-order valence-electron chi connectivity index (χ0n) is 24.6. The van der Waals surface area contributed by atoms with Crippen LogP contribution in [0.25, 0.3) is 33.7 Å². The van der Waals surface area contributed by atoms with Gasteiger partial charge in [-0.25, -0.2) is 0 Å². The predicted molar refractivity (Wildman–Crippen MR) is 166 cm³/mol. The van der Waals surface area contributed by atoms with Gasteiger partial charge < -0.3 is 4.74 Å². The van der Waals surface area contributed by atoms with Crippen molar-refractivity contribution in [2.24, 2.45) is 0 Å². The maximum atomic E-state index is 6.39. The number of fused-ring (bicyclic) bond motifs is 1. The van der Waals surface area contributed by atoms with Crippen LogP contribution < -0.4 is 9.30 Å². The summed E-state index contributed by atoms with van der Waals surface area (Å²) in [5, 5.41) is 0. The Morgan fingerprint density at radius 3 is 2.22 bits per heavy atom. The minimum absolute atomic E-state index is 0.0564. The van der Waals surface area contributed by atoms with Crippen molar-refractivity contribution in [3.63, 3.8) is 0 Å². The first-order valence-corrected chi connectivity index (χ1v) is 14.1. The van der Waals surface area contributed by atoms with Gasteiger partial charge in [0, 0.05) is 11.8 Å². The Hall–Kier alpha value is -4.70. The van der Waals surface area contributed by atoms with Gasteiger partial charge in [0.1, 0.15) is 11.5 Å². The van der Waals surface area contributed by atoms with Gasteiger partial charge in [-0.15, -0.1) is 0 Å². The van der Waals surface area contributed by atoms with Gasteiger partial charge in [0.25, 0.3) is 6.33 Å². The topological polar surface area (TPSA) is 30.9 Å². The van der Waals surface area contributed by atoms with E-state index in [-0.39, 0.29) is 5.41 Å². The molecule has 2 heterocycles. The number of rotatable bonds is 5. The second-order valence-electron chi connectivity index (χ2n) is 11.8. The molecule has 0 N–H and O–H groups in total. The average molecular weight is 538 g/mol. The van der Waals surface area contributed by atoms with Crippen LogP contribution in [0.15, 0.2) is 103 Å². The van der Waals surface area contributed by atoms with Gasteiger partial charge in [-0.1, -0.05) is 80.9 Å². The van der Waals surface area contributed by atoms with Crippen molar-refractivity contribution < 1.29 is 9.30 Å². The zero-order valence-corrected chi connectivity index (χ0v) is 24.6. The van der Waals surface area contributed by atoms with E-state index in [9.17, 15) is 0 Å². The smallest absolute Gasteiger partial charge is 0.269 e. The molecule has 0 aliphatic rings. The molecule has 6 aromatic rings. The van der Waals surface area contributed by atoms with E-state index in [1.54, 1.807) is 0 Å². The summed E-state index contributed by atoms with van der Waals surface area (Å²) in [5.41, 5.74) is 11.3. The fourth-order valence-electron chi connectivity index (χ4n) is 5.54. The number of hydrogen-bond acceptors (Lipinski definition) is 2. The summed E-state index contributed by atoms with van der Waals surface area (Å²) in [5.74, 6) is 1.53. The van der Waals surface area contributed by atoms with E-state index in [0.717, 1.165) is 39.5 Å². The first-order valence-electron chi connectivity index (χ1n) is 14.1. The molecule has 0 fully saturated rings. The lowest BCUT2D eigenvalue weighted by molar-refractivity contribution is -0.573. The fourth-order valence-corrected chi connectivity index (χ4v) is 5.54. The molecule has 204 valence electrons. The van der Waals surface area contributed by atoms with Crippen LogP contribution in [0.3, 0.4) is 0 Å². The minimum atomic E-state index is 0.0564. The Labute approximate surface area is 242 Å². The molecule has 4 heteroatoms. The number of benzene rings is 4. The predicted octanol–water partition coefficient (Wildman–Crippen LogP) is 8.78. The fraction of sp³-hybridized carbons (Fsp3) is 0.189. The van der Waals surface area contributed by atoms with Crippen LogP contribution in [0.1, 0.15) is 43.0 Å². The van der Waals surface area contributed by atoms with Gasteiger partial charge in [0.2, 0.25) is 0 Å². The molecule has 0 spiro atoms. The van der Waals surface area contributed by atoms with E-state index in [0.29, 0.717) is 0 Å². The van der Waals surface area contributed by atoms with Crippen LogP contribution in [0.4, 0.5) is 0 Å². The van der Waals surface area contributed by atoms with Crippen LogP contribution in [0.2, 0.25) is 0 Å². The second kappa shape index (κ2) is 10.4. The number of hydrogen-bond donors (Lipinski definition) is 0. The lowest BCUT2D eigenvalue weighted by Crippen LogP contribution is -2.32. The maximum Gasteiger partial charge on any atom is 0.269 e. The number of aromatic nitrogens is 3. The first-order chi connectivity index (χ1) is 19.7. The molecule has 0 aliphatic carbocycles. The zero-order chi connectivity index (χ0) is 28.7. The summed E-state index contributed by atoms with van der Waals surface area (Å²) in [4.78, 5) is 4.63. The highest BCUT2D eigenvalue weighted by atomic mass is 16.5. The van der Waals surface area contributed by atoms with Crippen molar-refractivity contribution in [2.45, 2.75) is 47.0 Å². The molecular weight excluding hydrogens is 502 g/mol. The number of pyridine rings is 1. The van der Waals surface area contributed by atoms with Gasteiger partial charge in [-0.3, -0.25) is 14.1 Å². The molecule has 0 radical (unpaired) electrons. The van der Waals surface area contributed by atoms with E-state index < -0.39 is 0 Å². The molecule has 4 nitrogen and oxygen atoms in total. The first kappa shape index (κ1) is 26.5. The highest BCUT2D eigenvalue weighted by Crippen LogP contribution is 2.31. The van der Waals surface area contributed by atoms with Gasteiger partial charge >= 0.3 is 0 Å². The van der Waals surface area contributed by atoms with Crippen molar-refractivity contribution >= 4 is 11.0 Å². The SMILES string of the molecule is Cc1cc(C)c(-[n+]2[c-]n(-c3cccc(Oc4cccc(-c5cc(C(C)(C)C)ccn5)c4)c3)c3ccccc32)c(C)c1. The summed E-state index contributed by atoms with van der Waals surface area (Å²) < 4.78 is 10.7. The highest BCUT2D eigenvalue weighted by molar-refractivity contribution is 5.75. The molecule has 0 aliphatic heterocycles. The van der Waals surface area contributed by atoms with Gasteiger partial charge in [0.05, 0.1) is 28.1 Å². The number of ether oxygens (including phenoxy) is 1. The van der Waals surface area contributed by atoms with Crippen molar-refractivity contribution in [1.29, 1.82) is 0 Å². The molecule has 4 aromatic carbocycles. The number of para-hydroxylation sites is 2. The van der Waals surface area contributed by atoms with E-state index in [1.165, 1.54) is 27.9 Å². The molecule has 6 rings (SSSR count). The molecule has 0 saturated carbocycles. The third kappa shape index (κ3) is 5.26. The molecular formula is C37H35N3O. The van der Waals surface area contributed by atoms with E-state index in [1.807, 2.05) is 30.5 Å². The molecule has 41 heavy (non-hydrogen) atoms. The van der Waals surface area contributed by atoms with Crippen molar-refractivity contribution in [3.8, 4) is 34.1 Å². The largest absolute Gasteiger partial charge is 0.458 e. The molecule has 0 amide bonds. The van der Waals surface area contributed by atoms with Crippen LogP contribution >= 0.6 is 0 Å². The summed E-state index contributed by atoms with van der Waals surface area (Å²) in [6, 6.07) is 33.4. The lowest BCUT2D eigenvalue weighted by atomic mass is 9.87. The van der Waals surface area contributed by atoms with Crippen LogP contribution in [-0.2, 0) is 5.41 Å². The third-order valence-electron chi connectivity index (χ3n) is 7.49. The Bertz CT molecular complexity index is 1870. The second-order valence-corrected chi connectivity index (χ2v) is 11.8. The number of aryl methyl sites for hydroxylation is 3. The normalized spacial score (nSPS) is 11.7. The highest BCUT2D eigenvalue weighted by Gasteiger charge is 2.17. The summed E-state index contributed by atoms with van der Waals surface area (Å²) in [7, 11) is 0. The summed E-state index contributed by atoms with van der Waals surface area (Å²) >= 11 is 0. The number of imidazole rings is 1. The summed E-state index contributed by atoms with van der Waals surface area (Å²) in [6.07, 6.45) is 5.52. The maximum absolute atomic E-state index is 6.39. The van der Waals surface area contributed by atoms with Crippen LogP contribution in [-0.4, -0.2) is 9.55 Å².